The predicted octanol–water partition coefficient (Wildman–Crippen LogP) is 3.66. The molecule has 2 rings (SSSR count). The van der Waals surface area contributed by atoms with E-state index >= 15 is 0 Å². The van der Waals surface area contributed by atoms with Gasteiger partial charge in [0.1, 0.15) is 17.1 Å². The van der Waals surface area contributed by atoms with Crippen LogP contribution in [0.1, 0.15) is 21.9 Å². The van der Waals surface area contributed by atoms with Crippen molar-refractivity contribution in [1.29, 1.82) is 0 Å². The highest BCUT2D eigenvalue weighted by Crippen LogP contribution is 2.18. The fourth-order valence-electron chi connectivity index (χ4n) is 1.63. The molecule has 94 valence electrons. The molecule has 1 aromatic carbocycles. The number of rotatable bonds is 4. The smallest absolute Gasteiger partial charge is 0.339 e. The van der Waals surface area contributed by atoms with Crippen molar-refractivity contribution in [3.63, 3.8) is 0 Å². The number of aromatic carboxylic acids is 1. The first-order chi connectivity index (χ1) is 8.56. The normalized spacial score (nSPS) is 10.3. The molecular formula is C13H12BrNO3. The van der Waals surface area contributed by atoms with Crippen LogP contribution < -0.4 is 5.32 Å². The van der Waals surface area contributed by atoms with E-state index < -0.39 is 5.97 Å². The Balaban J connectivity index is 2.06. The summed E-state index contributed by atoms with van der Waals surface area (Å²) in [5.74, 6) is 0.0587. The molecule has 0 unspecified atom stereocenters. The van der Waals surface area contributed by atoms with Crippen LogP contribution in [-0.2, 0) is 6.54 Å². The summed E-state index contributed by atoms with van der Waals surface area (Å²) in [6.07, 6.45) is 0. The first-order valence-electron chi connectivity index (χ1n) is 5.38. The average Bonchev–Trinajstić information content (AvgIpc) is 2.68. The molecule has 4 nitrogen and oxygen atoms in total. The minimum atomic E-state index is -0.968. The lowest BCUT2D eigenvalue weighted by Gasteiger charge is -2.04. The fourth-order valence-corrected chi connectivity index (χ4v) is 2.03. The van der Waals surface area contributed by atoms with Gasteiger partial charge in [-0.25, -0.2) is 4.79 Å². The minimum absolute atomic E-state index is 0.209. The number of aryl methyl sites for hydroxylation is 1. The Morgan fingerprint density at radius 1 is 1.44 bits per heavy atom. The first kappa shape index (κ1) is 12.7. The van der Waals surface area contributed by atoms with Gasteiger partial charge in [-0.1, -0.05) is 22.0 Å². The molecule has 5 heteroatoms. The number of hydrogen-bond donors (Lipinski definition) is 2. The van der Waals surface area contributed by atoms with Crippen LogP contribution in [0.15, 0.2) is 39.2 Å². The molecule has 2 aromatic rings. The topological polar surface area (TPSA) is 62.5 Å². The Labute approximate surface area is 113 Å². The second-order valence-electron chi connectivity index (χ2n) is 3.85. The van der Waals surface area contributed by atoms with Gasteiger partial charge in [-0.05, 0) is 31.2 Å². The summed E-state index contributed by atoms with van der Waals surface area (Å²) in [5.41, 5.74) is 1.15. The van der Waals surface area contributed by atoms with Gasteiger partial charge in [0.05, 0.1) is 6.54 Å². The van der Waals surface area contributed by atoms with E-state index in [2.05, 4.69) is 21.2 Å². The molecule has 0 saturated heterocycles. The highest BCUT2D eigenvalue weighted by molar-refractivity contribution is 9.10. The van der Waals surface area contributed by atoms with Crippen LogP contribution in [0.25, 0.3) is 0 Å². The highest BCUT2D eigenvalue weighted by atomic mass is 79.9. The van der Waals surface area contributed by atoms with Crippen molar-refractivity contribution in [2.75, 3.05) is 5.32 Å². The van der Waals surface area contributed by atoms with Crippen LogP contribution in [0.4, 0.5) is 5.69 Å². The third-order valence-electron chi connectivity index (χ3n) is 2.49. The number of nitrogens with one attached hydrogen (secondary N) is 1. The summed E-state index contributed by atoms with van der Waals surface area (Å²) in [7, 11) is 0. The summed E-state index contributed by atoms with van der Waals surface area (Å²) >= 11 is 3.38. The van der Waals surface area contributed by atoms with Gasteiger partial charge in [-0.15, -0.1) is 0 Å². The van der Waals surface area contributed by atoms with E-state index in [1.807, 2.05) is 24.3 Å². The van der Waals surface area contributed by atoms with Gasteiger partial charge < -0.3 is 14.8 Å². The Hall–Kier alpha value is -1.75. The summed E-state index contributed by atoms with van der Waals surface area (Å²) in [5, 5.41) is 12.1. The van der Waals surface area contributed by atoms with Gasteiger partial charge in [0.25, 0.3) is 0 Å². The summed E-state index contributed by atoms with van der Waals surface area (Å²) < 4.78 is 6.35. The molecule has 0 fully saturated rings. The van der Waals surface area contributed by atoms with Gasteiger partial charge in [-0.2, -0.15) is 0 Å². The largest absolute Gasteiger partial charge is 0.478 e. The van der Waals surface area contributed by atoms with Crippen molar-refractivity contribution in [3.05, 3.63) is 51.9 Å². The van der Waals surface area contributed by atoms with Crippen molar-refractivity contribution in [2.24, 2.45) is 0 Å². The van der Waals surface area contributed by atoms with Gasteiger partial charge in [0, 0.05) is 10.2 Å². The van der Waals surface area contributed by atoms with Crippen LogP contribution in [0.3, 0.4) is 0 Å². The molecular weight excluding hydrogens is 298 g/mol. The predicted molar refractivity (Wildman–Crippen MR) is 71.9 cm³/mol. The van der Waals surface area contributed by atoms with Crippen molar-refractivity contribution in [1.82, 2.24) is 0 Å². The SMILES string of the molecule is Cc1oc(CNc2cccc(Br)c2)cc1C(=O)O. The third-order valence-corrected chi connectivity index (χ3v) is 2.98. The number of carbonyl (C=O) groups is 1. The molecule has 0 spiro atoms. The molecule has 18 heavy (non-hydrogen) atoms. The lowest BCUT2D eigenvalue weighted by atomic mass is 10.2. The summed E-state index contributed by atoms with van der Waals surface area (Å²) in [6.45, 7) is 2.09. The number of carboxylic acid groups (broad SMARTS) is 1. The van der Waals surface area contributed by atoms with Gasteiger partial charge in [0.2, 0.25) is 0 Å². The van der Waals surface area contributed by atoms with Crippen LogP contribution >= 0.6 is 15.9 Å². The summed E-state index contributed by atoms with van der Waals surface area (Å²) in [6, 6.07) is 9.27. The lowest BCUT2D eigenvalue weighted by Crippen LogP contribution is -1.98. The van der Waals surface area contributed by atoms with E-state index in [1.165, 1.54) is 0 Å². The lowest BCUT2D eigenvalue weighted by molar-refractivity contribution is 0.0695. The number of anilines is 1. The average molecular weight is 310 g/mol. The van der Waals surface area contributed by atoms with E-state index in [-0.39, 0.29) is 5.56 Å². The zero-order chi connectivity index (χ0) is 13.1. The van der Waals surface area contributed by atoms with Crippen molar-refractivity contribution < 1.29 is 14.3 Å². The number of halogens is 1. The number of benzene rings is 1. The Morgan fingerprint density at radius 3 is 2.83 bits per heavy atom. The van der Waals surface area contributed by atoms with Crippen molar-refractivity contribution in [2.45, 2.75) is 13.5 Å². The van der Waals surface area contributed by atoms with Crippen LogP contribution in [0.5, 0.6) is 0 Å². The van der Waals surface area contributed by atoms with Crippen LogP contribution in [0, 0.1) is 6.92 Å². The third kappa shape index (κ3) is 2.92. The molecule has 0 radical (unpaired) electrons. The molecule has 0 aliphatic rings. The van der Waals surface area contributed by atoms with E-state index in [1.54, 1.807) is 13.0 Å². The Kier molecular flexibility index (Phi) is 3.72. The van der Waals surface area contributed by atoms with E-state index in [4.69, 9.17) is 9.52 Å². The fraction of sp³-hybridized carbons (Fsp3) is 0.154. The maximum atomic E-state index is 10.9. The molecule has 0 atom stereocenters. The summed E-state index contributed by atoms with van der Waals surface area (Å²) in [4.78, 5) is 10.9. The molecule has 0 aliphatic carbocycles. The number of carboxylic acids is 1. The zero-order valence-electron chi connectivity index (χ0n) is 9.74. The monoisotopic (exact) mass is 309 g/mol. The second-order valence-corrected chi connectivity index (χ2v) is 4.77. The maximum absolute atomic E-state index is 10.9. The first-order valence-corrected chi connectivity index (χ1v) is 6.17. The van der Waals surface area contributed by atoms with E-state index in [0.29, 0.717) is 18.1 Å². The van der Waals surface area contributed by atoms with Gasteiger partial charge >= 0.3 is 5.97 Å². The molecule has 2 N–H and O–H groups in total. The van der Waals surface area contributed by atoms with Gasteiger partial charge in [0.15, 0.2) is 0 Å². The Bertz CT molecular complexity index is 577. The standard InChI is InChI=1S/C13H12BrNO3/c1-8-12(13(16)17)6-11(18-8)7-15-10-4-2-3-9(14)5-10/h2-6,15H,7H2,1H3,(H,16,17). The van der Waals surface area contributed by atoms with Gasteiger partial charge in [-0.3, -0.25) is 0 Å². The number of furan rings is 1. The molecule has 0 saturated carbocycles. The van der Waals surface area contributed by atoms with Crippen LogP contribution in [-0.4, -0.2) is 11.1 Å². The molecule has 1 aromatic heterocycles. The van der Waals surface area contributed by atoms with Crippen LogP contribution in [0.2, 0.25) is 0 Å². The zero-order valence-corrected chi connectivity index (χ0v) is 11.3. The Morgan fingerprint density at radius 2 is 2.22 bits per heavy atom. The second kappa shape index (κ2) is 5.27. The molecule has 0 aliphatic heterocycles. The molecule has 0 amide bonds. The molecule has 0 bridgehead atoms. The van der Waals surface area contributed by atoms with E-state index in [9.17, 15) is 4.79 Å². The maximum Gasteiger partial charge on any atom is 0.339 e. The molecule has 1 heterocycles. The van der Waals surface area contributed by atoms with E-state index in [0.717, 1.165) is 10.2 Å². The minimum Gasteiger partial charge on any atom is -0.478 e. The van der Waals surface area contributed by atoms with Crippen molar-refractivity contribution >= 4 is 27.6 Å². The van der Waals surface area contributed by atoms with Crippen molar-refractivity contribution in [3.8, 4) is 0 Å². The number of hydrogen-bond acceptors (Lipinski definition) is 3. The highest BCUT2D eigenvalue weighted by Gasteiger charge is 2.13. The quantitative estimate of drug-likeness (QED) is 0.904.